The van der Waals surface area contributed by atoms with Crippen molar-refractivity contribution in [3.63, 3.8) is 0 Å². The van der Waals surface area contributed by atoms with E-state index in [1.807, 2.05) is 0 Å². The number of hydrogen-bond donors (Lipinski definition) is 2. The normalized spacial score (nSPS) is 9.69. The molecule has 4 heteroatoms. The first-order valence-electron chi connectivity index (χ1n) is 3.73. The third kappa shape index (κ3) is 1.72. The van der Waals surface area contributed by atoms with Crippen LogP contribution in [0, 0.1) is 0 Å². The molecule has 0 spiro atoms. The van der Waals surface area contributed by atoms with Crippen molar-refractivity contribution in [2.75, 3.05) is 12.8 Å². The first kappa shape index (κ1) is 9.38. The summed E-state index contributed by atoms with van der Waals surface area (Å²) in [5.74, 6) is 0.0459. The van der Waals surface area contributed by atoms with Crippen molar-refractivity contribution < 1.29 is 14.6 Å². The number of rotatable bonds is 2. The number of phenolic OH excluding ortho intramolecular Hbond substituents is 1. The number of methoxy groups -OCH3 is 1. The highest BCUT2D eigenvalue weighted by atomic mass is 16.5. The third-order valence-electron chi connectivity index (χ3n) is 1.73. The minimum Gasteiger partial charge on any atom is -0.507 e. The van der Waals surface area contributed by atoms with Gasteiger partial charge in [-0.3, -0.25) is 4.79 Å². The molecule has 0 saturated heterocycles. The molecule has 1 aromatic carbocycles. The maximum atomic E-state index is 11.0. The topological polar surface area (TPSA) is 72.5 Å². The van der Waals surface area contributed by atoms with Crippen LogP contribution in [0.2, 0.25) is 0 Å². The Morgan fingerprint density at radius 2 is 2.15 bits per heavy atom. The summed E-state index contributed by atoms with van der Waals surface area (Å²) in [7, 11) is 1.45. The van der Waals surface area contributed by atoms with Crippen LogP contribution in [0.15, 0.2) is 12.1 Å². The van der Waals surface area contributed by atoms with E-state index in [4.69, 9.17) is 10.5 Å². The number of ketones is 1. The number of phenols is 1. The molecule has 0 aromatic heterocycles. The van der Waals surface area contributed by atoms with Crippen LogP contribution in [0.3, 0.4) is 0 Å². The molecule has 1 aromatic rings. The van der Waals surface area contributed by atoms with Crippen LogP contribution >= 0.6 is 0 Å². The number of nitrogens with two attached hydrogens (primary N) is 1. The summed E-state index contributed by atoms with van der Waals surface area (Å²) in [6.45, 7) is 1.37. The number of carbonyl (C=O) groups excluding carboxylic acids is 1. The SMILES string of the molecule is COc1cc(C(C)=O)c(O)cc1N. The van der Waals surface area contributed by atoms with E-state index in [0.717, 1.165) is 0 Å². The number of Topliss-reactive ketones (excluding diaryl/α,β-unsaturated/α-hetero) is 1. The number of nitrogen functional groups attached to an aromatic ring is 1. The molecular formula is C9H11NO3. The minimum absolute atomic E-state index is 0.120. The average molecular weight is 181 g/mol. The number of benzene rings is 1. The van der Waals surface area contributed by atoms with Gasteiger partial charge in [0.15, 0.2) is 5.78 Å². The van der Waals surface area contributed by atoms with Crippen molar-refractivity contribution in [3.8, 4) is 11.5 Å². The van der Waals surface area contributed by atoms with Crippen LogP contribution in [-0.4, -0.2) is 18.0 Å². The zero-order valence-electron chi connectivity index (χ0n) is 7.50. The van der Waals surface area contributed by atoms with Crippen LogP contribution in [0.25, 0.3) is 0 Å². The lowest BCUT2D eigenvalue weighted by atomic mass is 10.1. The molecule has 0 amide bonds. The van der Waals surface area contributed by atoms with Crippen molar-refractivity contribution in [1.29, 1.82) is 0 Å². The van der Waals surface area contributed by atoms with Crippen LogP contribution in [0.5, 0.6) is 11.5 Å². The van der Waals surface area contributed by atoms with Gasteiger partial charge in [0.1, 0.15) is 11.5 Å². The summed E-state index contributed by atoms with van der Waals surface area (Å²) >= 11 is 0. The van der Waals surface area contributed by atoms with E-state index in [0.29, 0.717) is 11.4 Å². The molecule has 70 valence electrons. The zero-order chi connectivity index (χ0) is 10.0. The maximum absolute atomic E-state index is 11.0. The van der Waals surface area contributed by atoms with E-state index in [-0.39, 0.29) is 17.1 Å². The molecule has 4 nitrogen and oxygen atoms in total. The lowest BCUT2D eigenvalue weighted by Gasteiger charge is -2.07. The molecule has 0 aliphatic heterocycles. The molecule has 13 heavy (non-hydrogen) atoms. The van der Waals surface area contributed by atoms with Gasteiger partial charge in [0.05, 0.1) is 18.4 Å². The quantitative estimate of drug-likeness (QED) is 0.531. The van der Waals surface area contributed by atoms with Gasteiger partial charge in [-0.1, -0.05) is 0 Å². The highest BCUT2D eigenvalue weighted by Crippen LogP contribution is 2.29. The summed E-state index contributed by atoms with van der Waals surface area (Å²) in [5, 5.41) is 9.33. The summed E-state index contributed by atoms with van der Waals surface area (Å²) in [5.41, 5.74) is 6.03. The molecule has 0 unspecified atom stereocenters. The number of ether oxygens (including phenoxy) is 1. The van der Waals surface area contributed by atoms with E-state index in [1.54, 1.807) is 0 Å². The van der Waals surface area contributed by atoms with Crippen molar-refractivity contribution >= 4 is 11.5 Å². The maximum Gasteiger partial charge on any atom is 0.163 e. The molecular weight excluding hydrogens is 170 g/mol. The highest BCUT2D eigenvalue weighted by molar-refractivity contribution is 5.97. The van der Waals surface area contributed by atoms with Gasteiger partial charge in [-0.15, -0.1) is 0 Å². The Bertz CT molecular complexity index is 347. The first-order valence-corrected chi connectivity index (χ1v) is 3.73. The molecule has 0 atom stereocenters. The van der Waals surface area contributed by atoms with Gasteiger partial charge in [-0.2, -0.15) is 0 Å². The molecule has 0 radical (unpaired) electrons. The fourth-order valence-electron chi connectivity index (χ4n) is 1.04. The Balaban J connectivity index is 3.30. The van der Waals surface area contributed by atoms with Crippen LogP contribution < -0.4 is 10.5 Å². The van der Waals surface area contributed by atoms with Gasteiger partial charge in [-0.25, -0.2) is 0 Å². The molecule has 0 aliphatic rings. The summed E-state index contributed by atoms with van der Waals surface area (Å²) in [6.07, 6.45) is 0. The van der Waals surface area contributed by atoms with Crippen LogP contribution in [0.1, 0.15) is 17.3 Å². The molecule has 0 saturated carbocycles. The first-order chi connectivity index (χ1) is 6.06. The van der Waals surface area contributed by atoms with Gasteiger partial charge >= 0.3 is 0 Å². The second-order valence-corrected chi connectivity index (χ2v) is 2.67. The van der Waals surface area contributed by atoms with E-state index in [1.165, 1.54) is 26.2 Å². The van der Waals surface area contributed by atoms with Gasteiger partial charge in [0.2, 0.25) is 0 Å². The van der Waals surface area contributed by atoms with E-state index in [2.05, 4.69) is 0 Å². The Hall–Kier alpha value is -1.71. The Kier molecular flexibility index (Phi) is 2.41. The molecule has 0 bridgehead atoms. The summed E-state index contributed by atoms with van der Waals surface area (Å²) in [4.78, 5) is 11.0. The molecule has 0 fully saturated rings. The van der Waals surface area contributed by atoms with Gasteiger partial charge in [0.25, 0.3) is 0 Å². The number of hydrogen-bond acceptors (Lipinski definition) is 4. The van der Waals surface area contributed by atoms with Crippen LogP contribution in [0.4, 0.5) is 5.69 Å². The largest absolute Gasteiger partial charge is 0.507 e. The number of carbonyl (C=O) groups is 1. The highest BCUT2D eigenvalue weighted by Gasteiger charge is 2.10. The van der Waals surface area contributed by atoms with Gasteiger partial charge in [-0.05, 0) is 13.0 Å². The van der Waals surface area contributed by atoms with Crippen molar-refractivity contribution in [1.82, 2.24) is 0 Å². The Morgan fingerprint density at radius 1 is 1.54 bits per heavy atom. The minimum atomic E-state index is -0.226. The predicted molar refractivity (Wildman–Crippen MR) is 49.1 cm³/mol. The second-order valence-electron chi connectivity index (χ2n) is 2.67. The zero-order valence-corrected chi connectivity index (χ0v) is 7.50. The van der Waals surface area contributed by atoms with Gasteiger partial charge in [0, 0.05) is 6.07 Å². The molecule has 0 aliphatic carbocycles. The predicted octanol–water partition coefficient (Wildman–Crippen LogP) is 1.19. The number of anilines is 1. The van der Waals surface area contributed by atoms with Crippen LogP contribution in [-0.2, 0) is 0 Å². The third-order valence-corrected chi connectivity index (χ3v) is 1.73. The van der Waals surface area contributed by atoms with Crippen molar-refractivity contribution in [2.24, 2.45) is 0 Å². The fraction of sp³-hybridized carbons (Fsp3) is 0.222. The summed E-state index contributed by atoms with van der Waals surface area (Å²) < 4.78 is 4.90. The van der Waals surface area contributed by atoms with E-state index in [9.17, 15) is 9.90 Å². The monoisotopic (exact) mass is 181 g/mol. The number of aromatic hydroxyl groups is 1. The second kappa shape index (κ2) is 3.35. The Morgan fingerprint density at radius 3 is 2.62 bits per heavy atom. The lowest BCUT2D eigenvalue weighted by molar-refractivity contribution is 0.101. The summed E-state index contributed by atoms with van der Waals surface area (Å²) in [6, 6.07) is 2.72. The van der Waals surface area contributed by atoms with E-state index < -0.39 is 0 Å². The fourth-order valence-corrected chi connectivity index (χ4v) is 1.04. The molecule has 0 heterocycles. The van der Waals surface area contributed by atoms with Crippen molar-refractivity contribution in [3.05, 3.63) is 17.7 Å². The lowest BCUT2D eigenvalue weighted by Crippen LogP contribution is -1.98. The molecule has 1 rings (SSSR count). The van der Waals surface area contributed by atoms with Crippen molar-refractivity contribution in [2.45, 2.75) is 6.92 Å². The van der Waals surface area contributed by atoms with Gasteiger partial charge < -0.3 is 15.6 Å². The Labute approximate surface area is 75.9 Å². The molecule has 3 N–H and O–H groups in total. The standard InChI is InChI=1S/C9H11NO3/c1-5(11)6-3-9(13-2)7(10)4-8(6)12/h3-4,12H,10H2,1-2H3. The van der Waals surface area contributed by atoms with E-state index >= 15 is 0 Å². The average Bonchev–Trinajstić information content (AvgIpc) is 2.03. The smallest absolute Gasteiger partial charge is 0.163 e.